The van der Waals surface area contributed by atoms with Crippen molar-refractivity contribution in [3.05, 3.63) is 42.7 Å². The number of carbonyl (C=O) groups excluding carboxylic acids is 1. The lowest BCUT2D eigenvalue weighted by Gasteiger charge is -1.99. The number of carbonyl (C=O) groups is 1. The van der Waals surface area contributed by atoms with E-state index in [1.165, 1.54) is 0 Å². The maximum Gasteiger partial charge on any atom is 0.229 e. The van der Waals surface area contributed by atoms with Crippen LogP contribution >= 0.6 is 0 Å². The Bertz CT molecular complexity index is 882. The van der Waals surface area contributed by atoms with Crippen molar-refractivity contribution in [2.75, 3.05) is 0 Å². The number of hydrogen-bond acceptors (Lipinski definition) is 4. The minimum Gasteiger partial charge on any atom is -0.322 e. The average Bonchev–Trinajstić information content (AvgIpc) is 3.13. The highest BCUT2D eigenvalue weighted by Crippen LogP contribution is 2.24. The molecule has 1 amide bonds. The highest BCUT2D eigenvalue weighted by molar-refractivity contribution is 6.05. The summed E-state index contributed by atoms with van der Waals surface area (Å²) in [6.07, 6.45) is 4.70. The molecule has 4 rings (SSSR count). The van der Waals surface area contributed by atoms with Gasteiger partial charge in [0.15, 0.2) is 0 Å². The fourth-order valence-corrected chi connectivity index (χ4v) is 2.49. The number of benzene rings is 1. The number of fused-ring (bicyclic) bond motifs is 1. The third kappa shape index (κ3) is 2.35. The van der Waals surface area contributed by atoms with Gasteiger partial charge in [0, 0.05) is 30.8 Å². The first kappa shape index (κ1) is 12.7. The first-order chi connectivity index (χ1) is 10.8. The minimum atomic E-state index is 0.00808. The van der Waals surface area contributed by atoms with Gasteiger partial charge in [0.2, 0.25) is 11.9 Å². The molecule has 0 aliphatic carbocycles. The Morgan fingerprint density at radius 3 is 2.86 bits per heavy atom. The van der Waals surface area contributed by atoms with Gasteiger partial charge in [-0.15, -0.1) is 0 Å². The van der Waals surface area contributed by atoms with Crippen LogP contribution in [0.25, 0.3) is 22.2 Å². The molecule has 6 nitrogen and oxygen atoms in total. The van der Waals surface area contributed by atoms with Crippen LogP contribution in [-0.2, 0) is 4.79 Å². The Balaban J connectivity index is 1.71. The maximum absolute atomic E-state index is 11.2. The number of amidine groups is 1. The van der Waals surface area contributed by atoms with E-state index >= 15 is 0 Å². The van der Waals surface area contributed by atoms with Crippen LogP contribution in [-0.4, -0.2) is 26.7 Å². The van der Waals surface area contributed by atoms with Gasteiger partial charge in [0.05, 0.1) is 11.0 Å². The number of nitrogens with one attached hydrogen (secondary N) is 2. The van der Waals surface area contributed by atoms with E-state index in [0.717, 1.165) is 22.2 Å². The molecule has 1 aromatic carbocycles. The molecule has 1 saturated heterocycles. The minimum absolute atomic E-state index is 0.00808. The van der Waals surface area contributed by atoms with Crippen molar-refractivity contribution in [3.63, 3.8) is 0 Å². The molecule has 0 bridgehead atoms. The van der Waals surface area contributed by atoms with Crippen LogP contribution in [0.15, 0.2) is 47.7 Å². The van der Waals surface area contributed by atoms with E-state index in [0.29, 0.717) is 24.6 Å². The Morgan fingerprint density at radius 1 is 1.14 bits per heavy atom. The second-order valence-corrected chi connectivity index (χ2v) is 5.14. The maximum atomic E-state index is 11.2. The van der Waals surface area contributed by atoms with E-state index in [2.05, 4.69) is 25.3 Å². The summed E-state index contributed by atoms with van der Waals surface area (Å²) in [7, 11) is 0. The normalized spacial score (nSPS) is 16.4. The van der Waals surface area contributed by atoms with Gasteiger partial charge >= 0.3 is 0 Å². The van der Waals surface area contributed by atoms with Crippen LogP contribution in [0.3, 0.4) is 0 Å². The number of H-pyrrole nitrogens is 1. The number of aliphatic imine (C=N–C) groups is 1. The molecule has 1 aliphatic heterocycles. The topological polar surface area (TPSA) is 83.0 Å². The average molecular weight is 291 g/mol. The van der Waals surface area contributed by atoms with Crippen molar-refractivity contribution in [2.24, 2.45) is 4.99 Å². The summed E-state index contributed by atoms with van der Waals surface area (Å²) < 4.78 is 0. The van der Waals surface area contributed by atoms with Crippen molar-refractivity contribution in [1.29, 1.82) is 0 Å². The van der Waals surface area contributed by atoms with Gasteiger partial charge in [-0.25, -0.2) is 4.98 Å². The Hall–Kier alpha value is -3.02. The predicted octanol–water partition coefficient (Wildman–Crippen LogP) is 2.56. The van der Waals surface area contributed by atoms with Gasteiger partial charge in [0.25, 0.3) is 0 Å². The lowest BCUT2D eigenvalue weighted by atomic mass is 10.1. The lowest BCUT2D eigenvalue weighted by molar-refractivity contribution is -0.118. The summed E-state index contributed by atoms with van der Waals surface area (Å²) in [6, 6.07) is 9.90. The van der Waals surface area contributed by atoms with E-state index in [9.17, 15) is 4.79 Å². The molecule has 22 heavy (non-hydrogen) atoms. The molecule has 2 aromatic heterocycles. The molecular weight excluding hydrogens is 278 g/mol. The molecule has 2 N–H and O–H groups in total. The SMILES string of the molecule is O=C1CCC(=Nc2nc3ccc(-c4cccnc4)cc3[nH]2)N1. The Morgan fingerprint density at radius 2 is 2.09 bits per heavy atom. The van der Waals surface area contributed by atoms with Gasteiger partial charge in [-0.05, 0) is 23.8 Å². The number of amides is 1. The molecular formula is C16H13N5O. The van der Waals surface area contributed by atoms with Crippen molar-refractivity contribution in [3.8, 4) is 11.1 Å². The Kier molecular flexibility index (Phi) is 2.93. The second kappa shape index (κ2) is 5.07. The standard InChI is InChI=1S/C16H13N5O/c22-15-6-5-14(20-15)21-16-18-12-4-3-10(8-13(12)19-16)11-2-1-7-17-9-11/h1-4,7-9H,5-6H2,(H2,18,19,20,21,22). The van der Waals surface area contributed by atoms with Gasteiger partial charge in [-0.2, -0.15) is 4.99 Å². The second-order valence-electron chi connectivity index (χ2n) is 5.14. The number of pyridine rings is 1. The Labute approximate surface area is 126 Å². The van der Waals surface area contributed by atoms with E-state index in [1.54, 1.807) is 6.20 Å². The summed E-state index contributed by atoms with van der Waals surface area (Å²) in [4.78, 5) is 27.3. The monoisotopic (exact) mass is 291 g/mol. The molecule has 3 heterocycles. The number of imidazole rings is 1. The highest BCUT2D eigenvalue weighted by Gasteiger charge is 2.16. The highest BCUT2D eigenvalue weighted by atomic mass is 16.1. The summed E-state index contributed by atoms with van der Waals surface area (Å²) in [5.74, 6) is 1.18. The smallest absolute Gasteiger partial charge is 0.229 e. The van der Waals surface area contributed by atoms with Crippen molar-refractivity contribution in [1.82, 2.24) is 20.3 Å². The molecule has 3 aromatic rings. The van der Waals surface area contributed by atoms with Crippen LogP contribution in [0.2, 0.25) is 0 Å². The van der Waals surface area contributed by atoms with Crippen LogP contribution in [0.5, 0.6) is 0 Å². The first-order valence-electron chi connectivity index (χ1n) is 7.05. The van der Waals surface area contributed by atoms with E-state index < -0.39 is 0 Å². The van der Waals surface area contributed by atoms with Crippen LogP contribution < -0.4 is 5.32 Å². The van der Waals surface area contributed by atoms with Gasteiger partial charge < -0.3 is 10.3 Å². The van der Waals surface area contributed by atoms with E-state index in [4.69, 9.17) is 0 Å². The zero-order valence-electron chi connectivity index (χ0n) is 11.7. The molecule has 0 spiro atoms. The number of aromatic nitrogens is 3. The summed E-state index contributed by atoms with van der Waals surface area (Å²) in [6.45, 7) is 0. The van der Waals surface area contributed by atoms with Crippen LogP contribution in [0.1, 0.15) is 12.8 Å². The molecule has 0 saturated carbocycles. The third-order valence-electron chi connectivity index (χ3n) is 3.58. The largest absolute Gasteiger partial charge is 0.322 e. The molecule has 6 heteroatoms. The number of aromatic amines is 1. The van der Waals surface area contributed by atoms with Crippen LogP contribution in [0, 0.1) is 0 Å². The zero-order valence-corrected chi connectivity index (χ0v) is 11.7. The summed E-state index contributed by atoms with van der Waals surface area (Å²) >= 11 is 0. The quantitative estimate of drug-likeness (QED) is 0.761. The van der Waals surface area contributed by atoms with Crippen molar-refractivity contribution >= 4 is 28.7 Å². The summed E-state index contributed by atoms with van der Waals surface area (Å²) in [5.41, 5.74) is 3.87. The van der Waals surface area contributed by atoms with Crippen molar-refractivity contribution < 1.29 is 4.79 Å². The first-order valence-corrected chi connectivity index (χ1v) is 7.05. The lowest BCUT2D eigenvalue weighted by Crippen LogP contribution is -2.19. The third-order valence-corrected chi connectivity index (χ3v) is 3.58. The van der Waals surface area contributed by atoms with Crippen molar-refractivity contribution in [2.45, 2.75) is 12.8 Å². The molecule has 1 fully saturated rings. The fourth-order valence-electron chi connectivity index (χ4n) is 2.49. The molecule has 1 aliphatic rings. The molecule has 0 atom stereocenters. The number of nitrogens with zero attached hydrogens (tertiary/aromatic N) is 3. The molecule has 0 unspecified atom stereocenters. The fraction of sp³-hybridized carbons (Fsp3) is 0.125. The van der Waals surface area contributed by atoms with E-state index in [-0.39, 0.29) is 5.91 Å². The predicted molar refractivity (Wildman–Crippen MR) is 83.8 cm³/mol. The van der Waals surface area contributed by atoms with Gasteiger partial charge in [-0.1, -0.05) is 12.1 Å². The zero-order chi connectivity index (χ0) is 14.9. The van der Waals surface area contributed by atoms with Crippen LogP contribution in [0.4, 0.5) is 5.95 Å². The summed E-state index contributed by atoms with van der Waals surface area (Å²) in [5, 5.41) is 2.73. The number of hydrogen-bond donors (Lipinski definition) is 2. The van der Waals surface area contributed by atoms with Gasteiger partial charge in [0.1, 0.15) is 5.84 Å². The molecule has 0 radical (unpaired) electrons. The van der Waals surface area contributed by atoms with Gasteiger partial charge in [-0.3, -0.25) is 9.78 Å². The van der Waals surface area contributed by atoms with E-state index in [1.807, 2.05) is 36.5 Å². The molecule has 108 valence electrons. The number of rotatable bonds is 2.